The number of hydrogen-bond donors (Lipinski definition) is 2. The van der Waals surface area contributed by atoms with Crippen molar-refractivity contribution in [3.05, 3.63) is 71.2 Å². The molecule has 0 unspecified atom stereocenters. The van der Waals surface area contributed by atoms with Crippen molar-refractivity contribution in [1.82, 2.24) is 10.3 Å². The van der Waals surface area contributed by atoms with Crippen LogP contribution in [-0.2, 0) is 11.2 Å². The number of aromatic nitrogens is 1. The van der Waals surface area contributed by atoms with E-state index in [1.54, 1.807) is 24.3 Å². The highest BCUT2D eigenvalue weighted by Crippen LogP contribution is 2.24. The van der Waals surface area contributed by atoms with E-state index in [2.05, 4.69) is 15.6 Å². The van der Waals surface area contributed by atoms with E-state index in [9.17, 15) is 9.59 Å². The fourth-order valence-electron chi connectivity index (χ4n) is 2.71. The van der Waals surface area contributed by atoms with Crippen molar-refractivity contribution in [2.45, 2.75) is 25.3 Å². The Morgan fingerprint density at radius 1 is 1.07 bits per heavy atom. The maximum Gasteiger partial charge on any atom is 0.251 e. The second-order valence-electron chi connectivity index (χ2n) is 6.56. The third kappa shape index (κ3) is 4.60. The molecule has 4 rings (SSSR count). The summed E-state index contributed by atoms with van der Waals surface area (Å²) < 4.78 is 0. The number of thiazole rings is 1. The number of hydrogen-bond acceptors (Lipinski definition) is 4. The standard InChI is InChI=1S/C21H19N3O2S/c25-19(12-18-13-27-21(24-18)14-5-2-1-3-6-14)22-17-8-4-7-15(11-17)20(26)23-16-9-10-16/h1-8,11,13,16H,9-10,12H2,(H,22,25)(H,23,26). The first-order valence-corrected chi connectivity index (χ1v) is 9.76. The van der Waals surface area contributed by atoms with Crippen LogP contribution in [0.3, 0.4) is 0 Å². The molecule has 1 aliphatic rings. The van der Waals surface area contributed by atoms with Crippen molar-refractivity contribution in [1.29, 1.82) is 0 Å². The Kier molecular flexibility index (Phi) is 4.98. The lowest BCUT2D eigenvalue weighted by molar-refractivity contribution is -0.115. The number of carbonyl (C=O) groups excluding carboxylic acids is 2. The largest absolute Gasteiger partial charge is 0.349 e. The molecule has 1 fully saturated rings. The Bertz CT molecular complexity index is 964. The molecule has 1 aromatic heterocycles. The van der Waals surface area contributed by atoms with Gasteiger partial charge in [-0.1, -0.05) is 36.4 Å². The predicted octanol–water partition coefficient (Wildman–Crippen LogP) is 3.88. The van der Waals surface area contributed by atoms with Gasteiger partial charge in [-0.15, -0.1) is 11.3 Å². The van der Waals surface area contributed by atoms with Crippen LogP contribution >= 0.6 is 11.3 Å². The third-order valence-electron chi connectivity index (χ3n) is 4.24. The molecule has 0 radical (unpaired) electrons. The molecule has 0 bridgehead atoms. The molecular formula is C21H19N3O2S. The van der Waals surface area contributed by atoms with Gasteiger partial charge in [0.05, 0.1) is 12.1 Å². The molecule has 0 spiro atoms. The average Bonchev–Trinajstić information content (AvgIpc) is 3.37. The minimum atomic E-state index is -0.153. The summed E-state index contributed by atoms with van der Waals surface area (Å²) in [6.07, 6.45) is 2.28. The molecule has 27 heavy (non-hydrogen) atoms. The van der Waals surface area contributed by atoms with Crippen molar-refractivity contribution < 1.29 is 9.59 Å². The Hall–Kier alpha value is -2.99. The summed E-state index contributed by atoms with van der Waals surface area (Å²) >= 11 is 1.52. The van der Waals surface area contributed by atoms with Gasteiger partial charge in [-0.2, -0.15) is 0 Å². The molecule has 2 N–H and O–H groups in total. The summed E-state index contributed by atoms with van der Waals surface area (Å²) in [4.78, 5) is 29.0. The van der Waals surface area contributed by atoms with Gasteiger partial charge in [0.2, 0.25) is 5.91 Å². The maximum absolute atomic E-state index is 12.3. The molecule has 0 aliphatic heterocycles. The molecule has 2 aromatic carbocycles. The fourth-order valence-corrected chi connectivity index (χ4v) is 3.53. The lowest BCUT2D eigenvalue weighted by Crippen LogP contribution is -2.25. The number of nitrogens with one attached hydrogen (secondary N) is 2. The second-order valence-corrected chi connectivity index (χ2v) is 7.42. The Morgan fingerprint density at radius 3 is 2.67 bits per heavy atom. The van der Waals surface area contributed by atoms with Gasteiger partial charge in [0.1, 0.15) is 5.01 Å². The average molecular weight is 377 g/mol. The molecule has 0 atom stereocenters. The van der Waals surface area contributed by atoms with Crippen molar-refractivity contribution >= 4 is 28.8 Å². The highest BCUT2D eigenvalue weighted by molar-refractivity contribution is 7.13. The van der Waals surface area contributed by atoms with Crippen LogP contribution < -0.4 is 10.6 Å². The lowest BCUT2D eigenvalue weighted by Gasteiger charge is -2.07. The van der Waals surface area contributed by atoms with Crippen LogP contribution in [0.2, 0.25) is 0 Å². The normalized spacial score (nSPS) is 13.2. The zero-order chi connectivity index (χ0) is 18.6. The quantitative estimate of drug-likeness (QED) is 0.685. The summed E-state index contributed by atoms with van der Waals surface area (Å²) in [5.41, 5.74) is 2.95. The molecule has 6 heteroatoms. The van der Waals surface area contributed by atoms with Crippen molar-refractivity contribution in [3.8, 4) is 10.6 Å². The first-order valence-electron chi connectivity index (χ1n) is 8.88. The smallest absolute Gasteiger partial charge is 0.251 e. The predicted molar refractivity (Wildman–Crippen MR) is 107 cm³/mol. The van der Waals surface area contributed by atoms with Crippen LogP contribution in [0.15, 0.2) is 60.0 Å². The summed E-state index contributed by atoms with van der Waals surface area (Å²) in [5, 5.41) is 8.60. The summed E-state index contributed by atoms with van der Waals surface area (Å²) in [6.45, 7) is 0. The lowest BCUT2D eigenvalue weighted by atomic mass is 10.2. The molecule has 1 saturated carbocycles. The Balaban J connectivity index is 1.38. The van der Waals surface area contributed by atoms with Crippen molar-refractivity contribution in [3.63, 3.8) is 0 Å². The summed E-state index contributed by atoms with van der Waals surface area (Å²) in [7, 11) is 0. The monoisotopic (exact) mass is 377 g/mol. The van der Waals surface area contributed by atoms with E-state index >= 15 is 0 Å². The molecular weight excluding hydrogens is 358 g/mol. The summed E-state index contributed by atoms with van der Waals surface area (Å²) in [6, 6.07) is 17.2. The van der Waals surface area contributed by atoms with E-state index in [4.69, 9.17) is 0 Å². The van der Waals surface area contributed by atoms with E-state index in [0.717, 1.165) is 29.1 Å². The maximum atomic E-state index is 12.3. The highest BCUT2D eigenvalue weighted by atomic mass is 32.1. The molecule has 1 heterocycles. The molecule has 3 aromatic rings. The van der Waals surface area contributed by atoms with Crippen molar-refractivity contribution in [2.75, 3.05) is 5.32 Å². The Morgan fingerprint density at radius 2 is 1.89 bits per heavy atom. The number of nitrogens with zero attached hydrogens (tertiary/aromatic N) is 1. The minimum Gasteiger partial charge on any atom is -0.349 e. The van der Waals surface area contributed by atoms with E-state index in [1.807, 2.05) is 35.7 Å². The number of benzene rings is 2. The molecule has 1 aliphatic carbocycles. The van der Waals surface area contributed by atoms with E-state index in [-0.39, 0.29) is 18.2 Å². The topological polar surface area (TPSA) is 71.1 Å². The zero-order valence-corrected chi connectivity index (χ0v) is 15.5. The van der Waals surface area contributed by atoms with Gasteiger partial charge >= 0.3 is 0 Å². The van der Waals surface area contributed by atoms with Gasteiger partial charge in [-0.05, 0) is 31.0 Å². The van der Waals surface area contributed by atoms with Gasteiger partial charge in [-0.3, -0.25) is 9.59 Å². The number of amides is 2. The van der Waals surface area contributed by atoms with Crippen LogP contribution in [0.4, 0.5) is 5.69 Å². The van der Waals surface area contributed by atoms with Crippen LogP contribution in [0, 0.1) is 0 Å². The van der Waals surface area contributed by atoms with Crippen molar-refractivity contribution in [2.24, 2.45) is 0 Å². The molecule has 0 saturated heterocycles. The first kappa shape index (κ1) is 17.4. The fraction of sp³-hybridized carbons (Fsp3) is 0.190. The number of rotatable bonds is 6. The Labute approximate surface area is 161 Å². The van der Waals surface area contributed by atoms with Crippen LogP contribution in [0.5, 0.6) is 0 Å². The molecule has 2 amide bonds. The highest BCUT2D eigenvalue weighted by Gasteiger charge is 2.23. The number of anilines is 1. The third-order valence-corrected chi connectivity index (χ3v) is 5.18. The van der Waals surface area contributed by atoms with E-state index in [0.29, 0.717) is 17.3 Å². The SMILES string of the molecule is O=C(Cc1csc(-c2ccccc2)n1)Nc1cccc(C(=O)NC2CC2)c1. The van der Waals surface area contributed by atoms with E-state index in [1.165, 1.54) is 11.3 Å². The van der Waals surface area contributed by atoms with Gasteiger partial charge in [0.15, 0.2) is 0 Å². The first-order chi connectivity index (χ1) is 13.2. The molecule has 5 nitrogen and oxygen atoms in total. The van der Waals surface area contributed by atoms with Gasteiger partial charge in [-0.25, -0.2) is 4.98 Å². The van der Waals surface area contributed by atoms with Gasteiger partial charge < -0.3 is 10.6 Å². The zero-order valence-electron chi connectivity index (χ0n) is 14.6. The number of carbonyl (C=O) groups is 2. The second kappa shape index (κ2) is 7.72. The minimum absolute atomic E-state index is 0.0967. The van der Waals surface area contributed by atoms with Gasteiger partial charge in [0.25, 0.3) is 5.91 Å². The van der Waals surface area contributed by atoms with Crippen LogP contribution in [0.1, 0.15) is 28.9 Å². The van der Waals surface area contributed by atoms with E-state index < -0.39 is 0 Å². The summed E-state index contributed by atoms with van der Waals surface area (Å²) in [5.74, 6) is -0.250. The van der Waals surface area contributed by atoms with Gasteiger partial charge in [0, 0.05) is 28.2 Å². The van der Waals surface area contributed by atoms with Crippen LogP contribution in [0.25, 0.3) is 10.6 Å². The van der Waals surface area contributed by atoms with Crippen LogP contribution in [-0.4, -0.2) is 22.8 Å². The molecule has 136 valence electrons.